The fourth-order valence-corrected chi connectivity index (χ4v) is 6.66. The van der Waals surface area contributed by atoms with Crippen molar-refractivity contribution in [3.05, 3.63) is 39.6 Å². The predicted octanol–water partition coefficient (Wildman–Crippen LogP) is 4.88. The van der Waals surface area contributed by atoms with E-state index < -0.39 is 11.2 Å². The number of rotatable bonds is 3. The number of nitrogens with one attached hydrogen (secondary N) is 1. The van der Waals surface area contributed by atoms with Crippen molar-refractivity contribution in [2.75, 3.05) is 5.32 Å². The minimum absolute atomic E-state index is 0.0543. The lowest BCUT2D eigenvalue weighted by Gasteiger charge is -2.60. The summed E-state index contributed by atoms with van der Waals surface area (Å²) in [4.78, 5) is 17.6. The van der Waals surface area contributed by atoms with Crippen LogP contribution in [0, 0.1) is 23.1 Å². The molecule has 0 aliphatic heterocycles. The molecular formula is C19H19Br2FN4O. The van der Waals surface area contributed by atoms with Gasteiger partial charge in [-0.25, -0.2) is 14.1 Å². The van der Waals surface area contributed by atoms with Gasteiger partial charge in [-0.2, -0.15) is 0 Å². The molecule has 0 spiro atoms. The van der Waals surface area contributed by atoms with Crippen LogP contribution >= 0.6 is 31.9 Å². The molecule has 1 aromatic heterocycles. The van der Waals surface area contributed by atoms with Gasteiger partial charge >= 0.3 is 0 Å². The maximum Gasteiger partial charge on any atom is 0.230 e. The first-order valence-corrected chi connectivity index (χ1v) is 10.8. The van der Waals surface area contributed by atoms with Gasteiger partial charge in [0.25, 0.3) is 0 Å². The maximum absolute atomic E-state index is 14.3. The highest BCUT2D eigenvalue weighted by atomic mass is 79.9. The number of nitrogens with zero attached hydrogens (tertiary/aromatic N) is 3. The molecule has 142 valence electrons. The van der Waals surface area contributed by atoms with Gasteiger partial charge in [-0.05, 0) is 84.5 Å². The van der Waals surface area contributed by atoms with E-state index in [0.717, 1.165) is 32.1 Å². The second kappa shape index (κ2) is 6.11. The lowest BCUT2D eigenvalue weighted by Crippen LogP contribution is -2.60. The molecule has 0 unspecified atom stereocenters. The molecule has 4 aliphatic carbocycles. The van der Waals surface area contributed by atoms with Crippen molar-refractivity contribution >= 4 is 43.5 Å². The summed E-state index contributed by atoms with van der Waals surface area (Å²) < 4.78 is 17.5. The molecule has 27 heavy (non-hydrogen) atoms. The van der Waals surface area contributed by atoms with Crippen LogP contribution < -0.4 is 5.32 Å². The van der Waals surface area contributed by atoms with E-state index in [1.165, 1.54) is 12.5 Å². The lowest BCUT2D eigenvalue weighted by atomic mass is 9.46. The quantitative estimate of drug-likeness (QED) is 0.657. The van der Waals surface area contributed by atoms with Crippen molar-refractivity contribution in [3.8, 4) is 0 Å². The molecule has 4 bridgehead atoms. The molecule has 6 rings (SSSR count). The molecule has 8 heteroatoms. The molecule has 4 saturated carbocycles. The van der Waals surface area contributed by atoms with Gasteiger partial charge in [0.15, 0.2) is 0 Å². The van der Waals surface area contributed by atoms with E-state index in [2.05, 4.69) is 47.3 Å². The molecular weight excluding hydrogens is 479 g/mol. The Bertz CT molecular complexity index is 916. The Kier molecular flexibility index (Phi) is 4.03. The molecule has 4 aliphatic rings. The summed E-state index contributed by atoms with van der Waals surface area (Å²) in [6.07, 6.45) is 7.54. The molecule has 0 saturated heterocycles. The van der Waals surface area contributed by atoms with Gasteiger partial charge in [-0.1, -0.05) is 15.9 Å². The number of aromatic nitrogens is 3. The predicted molar refractivity (Wildman–Crippen MR) is 106 cm³/mol. The first-order chi connectivity index (χ1) is 12.9. The van der Waals surface area contributed by atoms with Crippen molar-refractivity contribution in [2.45, 2.75) is 44.1 Å². The minimum atomic E-state index is -0.456. The Morgan fingerprint density at radius 3 is 2.59 bits per heavy atom. The van der Waals surface area contributed by atoms with Gasteiger partial charge in [0.05, 0.1) is 16.6 Å². The van der Waals surface area contributed by atoms with Gasteiger partial charge in [0, 0.05) is 4.47 Å². The summed E-state index contributed by atoms with van der Waals surface area (Å²) in [6.45, 7) is 0. The highest BCUT2D eigenvalue weighted by Crippen LogP contribution is 2.64. The largest absolute Gasteiger partial charge is 0.323 e. The van der Waals surface area contributed by atoms with Crippen molar-refractivity contribution in [1.29, 1.82) is 0 Å². The molecule has 2 aromatic rings. The minimum Gasteiger partial charge on any atom is -0.323 e. The molecule has 0 radical (unpaired) electrons. The first-order valence-electron chi connectivity index (χ1n) is 9.22. The average Bonchev–Trinajstić information content (AvgIpc) is 3.03. The molecule has 1 amide bonds. The monoisotopic (exact) mass is 496 g/mol. The number of benzene rings is 1. The summed E-state index contributed by atoms with van der Waals surface area (Å²) >= 11 is 6.60. The Labute approximate surface area is 173 Å². The molecule has 2 atom stereocenters. The Morgan fingerprint density at radius 1 is 1.22 bits per heavy atom. The van der Waals surface area contributed by atoms with E-state index in [9.17, 15) is 9.18 Å². The highest BCUT2D eigenvalue weighted by Gasteiger charge is 2.61. The standard InChI is InChI=1S/C19H19Br2FN4O/c20-13-1-2-15(14(22)4-13)24-16(27)18-5-11-3-12(6-18)8-19(7-11,9-18)26-10-23-17(21)25-26/h1-2,4,10-12H,3,5-9H2,(H,24,27)/t11-,12-,18?,19?/m1/s1. The summed E-state index contributed by atoms with van der Waals surface area (Å²) in [5.74, 6) is 0.545. The first kappa shape index (κ1) is 17.8. The summed E-state index contributed by atoms with van der Waals surface area (Å²) in [5, 5.41) is 7.40. The maximum atomic E-state index is 14.3. The fraction of sp³-hybridized carbons (Fsp3) is 0.526. The van der Waals surface area contributed by atoms with Crippen LogP contribution in [0.4, 0.5) is 10.1 Å². The second-order valence-electron chi connectivity index (χ2n) is 8.50. The van der Waals surface area contributed by atoms with Crippen molar-refractivity contribution in [2.24, 2.45) is 17.3 Å². The van der Waals surface area contributed by atoms with Crippen molar-refractivity contribution in [3.63, 3.8) is 0 Å². The van der Waals surface area contributed by atoms with E-state index in [4.69, 9.17) is 0 Å². The summed E-state index contributed by atoms with van der Waals surface area (Å²) in [6, 6.07) is 4.73. The number of halogens is 3. The third kappa shape index (κ3) is 2.87. The Morgan fingerprint density at radius 2 is 1.96 bits per heavy atom. The van der Waals surface area contributed by atoms with Crippen LogP contribution in [0.3, 0.4) is 0 Å². The van der Waals surface area contributed by atoms with Crippen LogP contribution in [0.15, 0.2) is 33.7 Å². The topological polar surface area (TPSA) is 59.8 Å². The zero-order valence-corrected chi connectivity index (χ0v) is 17.8. The van der Waals surface area contributed by atoms with Crippen molar-refractivity contribution in [1.82, 2.24) is 14.8 Å². The third-order valence-electron chi connectivity index (χ3n) is 6.64. The van der Waals surface area contributed by atoms with E-state index >= 15 is 0 Å². The van der Waals surface area contributed by atoms with Crippen LogP contribution in [-0.2, 0) is 10.3 Å². The van der Waals surface area contributed by atoms with Gasteiger partial charge in [0.2, 0.25) is 10.6 Å². The molecule has 5 nitrogen and oxygen atoms in total. The van der Waals surface area contributed by atoms with E-state index in [-0.39, 0.29) is 17.1 Å². The second-order valence-corrected chi connectivity index (χ2v) is 10.1. The molecule has 1 N–H and O–H groups in total. The molecule has 1 heterocycles. The van der Waals surface area contributed by atoms with Crippen LogP contribution in [0.5, 0.6) is 0 Å². The van der Waals surface area contributed by atoms with Crippen molar-refractivity contribution < 1.29 is 9.18 Å². The average molecular weight is 498 g/mol. The van der Waals surface area contributed by atoms with Gasteiger partial charge in [-0.15, -0.1) is 5.10 Å². The number of carbonyl (C=O) groups excluding carboxylic acids is 1. The SMILES string of the molecule is O=C(Nc1ccc(Br)cc1F)C12C[C@H]3C[C@H](C1)CC(n1cnc(Br)n1)(C3)C2. The molecule has 1 aromatic carbocycles. The lowest BCUT2D eigenvalue weighted by molar-refractivity contribution is -0.150. The Hall–Kier alpha value is -1.28. The van der Waals surface area contributed by atoms with E-state index in [0.29, 0.717) is 21.0 Å². The normalized spacial score (nSPS) is 34.0. The fourth-order valence-electron chi connectivity index (χ4n) is 6.07. The summed E-state index contributed by atoms with van der Waals surface area (Å²) in [7, 11) is 0. The van der Waals surface area contributed by atoms with Gasteiger partial charge in [-0.3, -0.25) is 4.79 Å². The number of carbonyl (C=O) groups is 1. The van der Waals surface area contributed by atoms with Crippen LogP contribution in [0.2, 0.25) is 0 Å². The van der Waals surface area contributed by atoms with Crippen LogP contribution in [0.1, 0.15) is 38.5 Å². The number of hydrogen-bond acceptors (Lipinski definition) is 3. The summed E-state index contributed by atoms with van der Waals surface area (Å²) in [5.41, 5.74) is -0.364. The molecule has 4 fully saturated rings. The third-order valence-corrected chi connectivity index (χ3v) is 7.50. The van der Waals surface area contributed by atoms with Crippen LogP contribution in [0.25, 0.3) is 0 Å². The van der Waals surface area contributed by atoms with E-state index in [1.54, 1.807) is 18.5 Å². The zero-order chi connectivity index (χ0) is 18.8. The number of hydrogen-bond donors (Lipinski definition) is 1. The Balaban J connectivity index is 1.47. The number of amides is 1. The van der Waals surface area contributed by atoms with E-state index in [1.807, 2.05) is 4.68 Å². The van der Waals surface area contributed by atoms with Gasteiger partial charge < -0.3 is 5.32 Å². The highest BCUT2D eigenvalue weighted by molar-refractivity contribution is 9.10. The van der Waals surface area contributed by atoms with Crippen LogP contribution in [-0.4, -0.2) is 20.7 Å². The smallest absolute Gasteiger partial charge is 0.230 e. The number of anilines is 1. The zero-order valence-electron chi connectivity index (χ0n) is 14.6. The van der Waals surface area contributed by atoms with Gasteiger partial charge in [0.1, 0.15) is 12.1 Å².